The van der Waals surface area contributed by atoms with Gasteiger partial charge in [0.2, 0.25) is 0 Å². The smallest absolute Gasteiger partial charge is 0.317 e. The van der Waals surface area contributed by atoms with Crippen LogP contribution < -0.4 is 4.90 Å². The molecule has 5 heterocycles. The summed E-state index contributed by atoms with van der Waals surface area (Å²) >= 11 is 0. The Labute approximate surface area is 189 Å². The van der Waals surface area contributed by atoms with Crippen molar-refractivity contribution in [3.8, 4) is 17.1 Å². The van der Waals surface area contributed by atoms with Crippen molar-refractivity contribution in [3.63, 3.8) is 0 Å². The minimum absolute atomic E-state index is 0.233. The van der Waals surface area contributed by atoms with E-state index in [4.69, 9.17) is 24.7 Å². The molecule has 1 aliphatic heterocycles. The molecule has 6 rings (SSSR count). The van der Waals surface area contributed by atoms with Crippen LogP contribution in [0.25, 0.3) is 22.7 Å². The lowest BCUT2D eigenvalue weighted by Gasteiger charge is -2.29. The predicted molar refractivity (Wildman–Crippen MR) is 119 cm³/mol. The van der Waals surface area contributed by atoms with Crippen LogP contribution in [0.5, 0.6) is 0 Å². The zero-order valence-corrected chi connectivity index (χ0v) is 18.2. The van der Waals surface area contributed by atoms with Crippen molar-refractivity contribution < 1.29 is 14.3 Å². The van der Waals surface area contributed by atoms with Gasteiger partial charge in [-0.05, 0) is 31.0 Å². The molecule has 0 atom stereocenters. The summed E-state index contributed by atoms with van der Waals surface area (Å²) in [6.45, 7) is 2.84. The lowest BCUT2D eigenvalue weighted by atomic mass is 10.0. The van der Waals surface area contributed by atoms with Crippen molar-refractivity contribution >= 4 is 17.4 Å². The molecule has 1 saturated heterocycles. The van der Waals surface area contributed by atoms with Gasteiger partial charge in [-0.2, -0.15) is 14.7 Å². The second kappa shape index (κ2) is 7.66. The van der Waals surface area contributed by atoms with Crippen LogP contribution in [0, 0.1) is 0 Å². The number of hydrogen-bond donors (Lipinski definition) is 0. The van der Waals surface area contributed by atoms with E-state index in [0.717, 1.165) is 48.7 Å². The number of carbonyl (C=O) groups is 1. The number of carbonyl (C=O) groups excluding carboxylic acids is 1. The van der Waals surface area contributed by atoms with Crippen LogP contribution in [-0.2, 0) is 19.7 Å². The average molecular weight is 445 g/mol. The molecule has 168 valence electrons. The Bertz CT molecular complexity index is 1320. The summed E-state index contributed by atoms with van der Waals surface area (Å²) in [5.74, 6) is 1.35. The van der Waals surface area contributed by atoms with Crippen molar-refractivity contribution in [3.05, 3.63) is 54.6 Å². The van der Waals surface area contributed by atoms with E-state index in [9.17, 15) is 4.79 Å². The molecule has 33 heavy (non-hydrogen) atoms. The topological polar surface area (TPSA) is 99.7 Å². The Kier molecular flexibility index (Phi) is 4.61. The van der Waals surface area contributed by atoms with Crippen LogP contribution in [-0.4, -0.2) is 68.7 Å². The Morgan fingerprint density at radius 1 is 1.09 bits per heavy atom. The van der Waals surface area contributed by atoms with Gasteiger partial charge in [0, 0.05) is 49.4 Å². The van der Waals surface area contributed by atoms with Crippen LogP contribution >= 0.6 is 0 Å². The highest BCUT2D eigenvalue weighted by molar-refractivity contribution is 5.85. The molecule has 0 aromatic carbocycles. The number of aromatic nitrogens is 6. The number of fused-ring (bicyclic) bond motifs is 1. The second-order valence-corrected chi connectivity index (χ2v) is 8.33. The SMILES string of the molecule is COC(=O)C1(c2ccn(-c3cc(N4CCOCC4)n4nc(-c5ccncc5)cc4n3)n2)CC1. The lowest BCUT2D eigenvalue weighted by molar-refractivity contribution is -0.143. The first-order chi connectivity index (χ1) is 16.2. The van der Waals surface area contributed by atoms with E-state index >= 15 is 0 Å². The van der Waals surface area contributed by atoms with E-state index in [0.29, 0.717) is 24.7 Å². The maximum absolute atomic E-state index is 12.3. The fourth-order valence-electron chi connectivity index (χ4n) is 4.34. The standard InChI is InChI=1S/C23H23N7O3/c1-32-22(31)23(5-6-23)18-4-9-29(27-18)19-15-21(28-10-12-33-13-11-28)30-20(25-19)14-17(26-30)16-2-7-24-8-3-16/h2-4,7-9,14-15H,5-6,10-13H2,1H3. The molecule has 10 nitrogen and oxygen atoms in total. The Balaban J connectivity index is 1.45. The summed E-state index contributed by atoms with van der Waals surface area (Å²) in [5.41, 5.74) is 2.60. The number of rotatable bonds is 5. The molecular formula is C23H23N7O3. The average Bonchev–Trinajstić information content (AvgIpc) is 3.32. The van der Waals surface area contributed by atoms with E-state index in [2.05, 4.69) is 9.88 Å². The van der Waals surface area contributed by atoms with Gasteiger partial charge >= 0.3 is 5.97 Å². The molecule has 0 N–H and O–H groups in total. The summed E-state index contributed by atoms with van der Waals surface area (Å²) in [6, 6.07) is 9.68. The number of esters is 1. The number of morpholine rings is 1. The summed E-state index contributed by atoms with van der Waals surface area (Å²) < 4.78 is 14.1. The maximum Gasteiger partial charge on any atom is 0.317 e. The molecule has 4 aromatic heterocycles. The van der Waals surface area contributed by atoms with Gasteiger partial charge < -0.3 is 14.4 Å². The van der Waals surface area contributed by atoms with E-state index in [1.165, 1.54) is 7.11 Å². The van der Waals surface area contributed by atoms with E-state index in [1.54, 1.807) is 17.1 Å². The second-order valence-electron chi connectivity index (χ2n) is 8.33. The Morgan fingerprint density at radius 3 is 2.61 bits per heavy atom. The van der Waals surface area contributed by atoms with Crippen molar-refractivity contribution in [2.75, 3.05) is 38.3 Å². The van der Waals surface area contributed by atoms with Crippen molar-refractivity contribution in [1.82, 2.24) is 29.4 Å². The van der Waals surface area contributed by atoms with Crippen molar-refractivity contribution in [2.45, 2.75) is 18.3 Å². The molecule has 0 spiro atoms. The minimum atomic E-state index is -0.623. The van der Waals surface area contributed by atoms with Gasteiger partial charge in [0.15, 0.2) is 11.5 Å². The monoisotopic (exact) mass is 445 g/mol. The van der Waals surface area contributed by atoms with E-state index in [-0.39, 0.29) is 5.97 Å². The lowest BCUT2D eigenvalue weighted by Crippen LogP contribution is -2.37. The molecule has 10 heteroatoms. The molecule has 2 fully saturated rings. The third-order valence-corrected chi connectivity index (χ3v) is 6.35. The number of methoxy groups -OCH3 is 1. The minimum Gasteiger partial charge on any atom is -0.468 e. The number of pyridine rings is 1. The quantitative estimate of drug-likeness (QED) is 0.430. The van der Waals surface area contributed by atoms with Crippen LogP contribution in [0.2, 0.25) is 0 Å². The molecule has 1 aliphatic carbocycles. The van der Waals surface area contributed by atoms with E-state index in [1.807, 2.05) is 41.0 Å². The predicted octanol–water partition coefficient (Wildman–Crippen LogP) is 2.02. The van der Waals surface area contributed by atoms with Gasteiger partial charge in [0.1, 0.15) is 11.2 Å². The first-order valence-corrected chi connectivity index (χ1v) is 11.0. The highest BCUT2D eigenvalue weighted by Gasteiger charge is 2.54. The van der Waals surface area contributed by atoms with Crippen LogP contribution in [0.1, 0.15) is 18.5 Å². The molecule has 2 aliphatic rings. The summed E-state index contributed by atoms with van der Waals surface area (Å²) in [5, 5.41) is 9.55. The zero-order valence-electron chi connectivity index (χ0n) is 18.2. The third kappa shape index (κ3) is 3.34. The summed E-state index contributed by atoms with van der Waals surface area (Å²) in [6.07, 6.45) is 6.85. The fraction of sp³-hybridized carbons (Fsp3) is 0.348. The van der Waals surface area contributed by atoms with Gasteiger partial charge in [-0.25, -0.2) is 9.67 Å². The summed E-state index contributed by atoms with van der Waals surface area (Å²) in [7, 11) is 1.42. The Morgan fingerprint density at radius 2 is 1.88 bits per heavy atom. The zero-order chi connectivity index (χ0) is 22.4. The van der Waals surface area contributed by atoms with Crippen molar-refractivity contribution in [1.29, 1.82) is 0 Å². The molecule has 4 aromatic rings. The molecular weight excluding hydrogens is 422 g/mol. The van der Waals surface area contributed by atoms with Gasteiger partial charge in [-0.3, -0.25) is 9.78 Å². The number of anilines is 1. The number of hydrogen-bond acceptors (Lipinski definition) is 8. The third-order valence-electron chi connectivity index (χ3n) is 6.35. The van der Waals surface area contributed by atoms with Gasteiger partial charge in [0.05, 0.1) is 31.7 Å². The first-order valence-electron chi connectivity index (χ1n) is 11.0. The largest absolute Gasteiger partial charge is 0.468 e. The van der Waals surface area contributed by atoms with Gasteiger partial charge in [-0.15, -0.1) is 0 Å². The highest BCUT2D eigenvalue weighted by Crippen LogP contribution is 2.48. The fourth-order valence-corrected chi connectivity index (χ4v) is 4.34. The maximum atomic E-state index is 12.3. The van der Waals surface area contributed by atoms with Crippen molar-refractivity contribution in [2.24, 2.45) is 0 Å². The van der Waals surface area contributed by atoms with Crippen LogP contribution in [0.4, 0.5) is 5.82 Å². The number of ether oxygens (including phenoxy) is 2. The Hall–Kier alpha value is -3.79. The van der Waals surface area contributed by atoms with Gasteiger partial charge in [0.25, 0.3) is 0 Å². The molecule has 0 radical (unpaired) electrons. The molecule has 0 unspecified atom stereocenters. The molecule has 0 amide bonds. The molecule has 1 saturated carbocycles. The first kappa shape index (κ1) is 19.9. The summed E-state index contributed by atoms with van der Waals surface area (Å²) in [4.78, 5) is 23.5. The van der Waals surface area contributed by atoms with Gasteiger partial charge in [-0.1, -0.05) is 0 Å². The van der Waals surface area contributed by atoms with Crippen LogP contribution in [0.15, 0.2) is 48.9 Å². The van der Waals surface area contributed by atoms with E-state index < -0.39 is 5.41 Å². The highest BCUT2D eigenvalue weighted by atomic mass is 16.5. The normalized spacial score (nSPS) is 17.3. The number of nitrogens with zero attached hydrogens (tertiary/aromatic N) is 7. The molecule has 0 bridgehead atoms. The van der Waals surface area contributed by atoms with Crippen LogP contribution in [0.3, 0.4) is 0 Å².